The van der Waals surface area contributed by atoms with Gasteiger partial charge in [-0.1, -0.05) is 6.07 Å². The van der Waals surface area contributed by atoms with E-state index in [2.05, 4.69) is 4.98 Å². The quantitative estimate of drug-likeness (QED) is 0.778. The minimum atomic E-state index is -1.34. The Kier molecular flexibility index (Phi) is 3.29. The highest BCUT2D eigenvalue weighted by Gasteiger charge is 2.18. The van der Waals surface area contributed by atoms with Gasteiger partial charge in [0.2, 0.25) is 0 Å². The second-order valence-electron chi connectivity index (χ2n) is 4.62. The molecule has 0 spiro atoms. The first-order chi connectivity index (χ1) is 10.5. The molecule has 22 heavy (non-hydrogen) atoms. The van der Waals surface area contributed by atoms with E-state index in [4.69, 9.17) is 0 Å². The molecule has 0 aliphatic heterocycles. The highest BCUT2D eigenvalue weighted by atomic mass is 19.1. The van der Waals surface area contributed by atoms with Gasteiger partial charge in [-0.3, -0.25) is 0 Å². The van der Waals surface area contributed by atoms with Crippen molar-refractivity contribution in [2.24, 2.45) is 0 Å². The van der Waals surface area contributed by atoms with E-state index in [0.29, 0.717) is 0 Å². The molecule has 3 rings (SSSR count). The maximum absolute atomic E-state index is 13.8. The van der Waals surface area contributed by atoms with Crippen molar-refractivity contribution in [3.05, 3.63) is 65.5 Å². The first-order valence-electron chi connectivity index (χ1n) is 6.25. The van der Waals surface area contributed by atoms with Gasteiger partial charge in [-0.05, 0) is 36.4 Å². The molecule has 1 heterocycles. The van der Waals surface area contributed by atoms with E-state index in [9.17, 15) is 23.1 Å². The molecule has 0 aliphatic rings. The Morgan fingerprint density at radius 1 is 1.00 bits per heavy atom. The molecule has 0 saturated heterocycles. The van der Waals surface area contributed by atoms with E-state index in [-0.39, 0.29) is 22.2 Å². The number of aromatic nitrogens is 1. The van der Waals surface area contributed by atoms with Crippen LogP contribution in [0, 0.1) is 17.5 Å². The Hall–Kier alpha value is -2.89. The number of carboxylic acids is 1. The van der Waals surface area contributed by atoms with Gasteiger partial charge in [0.25, 0.3) is 0 Å². The number of aromatic carboxylic acids is 1. The van der Waals surface area contributed by atoms with Crippen LogP contribution in [-0.2, 0) is 0 Å². The van der Waals surface area contributed by atoms with E-state index in [1.807, 2.05) is 0 Å². The number of nitrogens with zero attached hydrogens (tertiary/aromatic N) is 1. The molecule has 0 fully saturated rings. The largest absolute Gasteiger partial charge is 0.478 e. The standard InChI is InChI=1S/C16H8F3NO2/c17-8-4-5-13-9(6-8)10(16(21)22)7-14(20-13)15-11(18)2-1-3-12(15)19/h1-7H,(H,21,22). The molecular weight excluding hydrogens is 295 g/mol. The van der Waals surface area contributed by atoms with Gasteiger partial charge in [0.15, 0.2) is 0 Å². The summed E-state index contributed by atoms with van der Waals surface area (Å²) in [6.07, 6.45) is 0. The fraction of sp³-hybridized carbons (Fsp3) is 0. The zero-order valence-corrected chi connectivity index (χ0v) is 11.0. The third-order valence-corrected chi connectivity index (χ3v) is 3.22. The van der Waals surface area contributed by atoms with Crippen molar-refractivity contribution in [2.75, 3.05) is 0 Å². The minimum Gasteiger partial charge on any atom is -0.478 e. The lowest BCUT2D eigenvalue weighted by Gasteiger charge is -2.09. The van der Waals surface area contributed by atoms with Crippen molar-refractivity contribution in [1.82, 2.24) is 4.98 Å². The fourth-order valence-electron chi connectivity index (χ4n) is 2.25. The van der Waals surface area contributed by atoms with Crippen molar-refractivity contribution < 1.29 is 23.1 Å². The van der Waals surface area contributed by atoms with Gasteiger partial charge < -0.3 is 5.11 Å². The Balaban J connectivity index is 2.37. The van der Waals surface area contributed by atoms with E-state index in [0.717, 1.165) is 30.3 Å². The number of hydrogen-bond acceptors (Lipinski definition) is 2. The lowest BCUT2D eigenvalue weighted by molar-refractivity contribution is 0.0699. The van der Waals surface area contributed by atoms with Crippen molar-refractivity contribution in [3.8, 4) is 11.3 Å². The van der Waals surface area contributed by atoms with Crippen LogP contribution in [0.5, 0.6) is 0 Å². The molecule has 0 saturated carbocycles. The number of carbonyl (C=O) groups is 1. The second-order valence-corrected chi connectivity index (χ2v) is 4.62. The van der Waals surface area contributed by atoms with Crippen LogP contribution < -0.4 is 0 Å². The molecule has 3 nitrogen and oxygen atoms in total. The number of halogens is 3. The summed E-state index contributed by atoms with van der Waals surface area (Å²) in [5.41, 5.74) is -0.718. The Labute approximate surface area is 122 Å². The molecular formula is C16H8F3NO2. The molecule has 2 aromatic carbocycles. The lowest BCUT2D eigenvalue weighted by atomic mass is 10.0. The molecule has 6 heteroatoms. The van der Waals surface area contributed by atoms with Crippen molar-refractivity contribution in [3.63, 3.8) is 0 Å². The fourth-order valence-corrected chi connectivity index (χ4v) is 2.25. The Morgan fingerprint density at radius 3 is 2.32 bits per heavy atom. The van der Waals surface area contributed by atoms with Crippen LogP contribution in [0.3, 0.4) is 0 Å². The molecule has 0 radical (unpaired) electrons. The number of fused-ring (bicyclic) bond motifs is 1. The van der Waals surface area contributed by atoms with Crippen LogP contribution in [0.25, 0.3) is 22.2 Å². The van der Waals surface area contributed by atoms with E-state index in [1.165, 1.54) is 12.1 Å². The van der Waals surface area contributed by atoms with Crippen LogP contribution in [0.2, 0.25) is 0 Å². The lowest BCUT2D eigenvalue weighted by Crippen LogP contribution is -2.02. The maximum Gasteiger partial charge on any atom is 0.336 e. The van der Waals surface area contributed by atoms with E-state index >= 15 is 0 Å². The average molecular weight is 303 g/mol. The number of hydrogen-bond donors (Lipinski definition) is 1. The normalized spacial score (nSPS) is 10.9. The van der Waals surface area contributed by atoms with Crippen molar-refractivity contribution in [2.45, 2.75) is 0 Å². The van der Waals surface area contributed by atoms with Gasteiger partial charge in [-0.25, -0.2) is 22.9 Å². The zero-order chi connectivity index (χ0) is 15.9. The third kappa shape index (κ3) is 2.28. The summed E-state index contributed by atoms with van der Waals surface area (Å²) in [4.78, 5) is 15.4. The van der Waals surface area contributed by atoms with Crippen LogP contribution in [0.1, 0.15) is 10.4 Å². The monoisotopic (exact) mass is 303 g/mol. The van der Waals surface area contributed by atoms with Crippen molar-refractivity contribution in [1.29, 1.82) is 0 Å². The molecule has 0 atom stereocenters. The second kappa shape index (κ2) is 5.14. The molecule has 0 amide bonds. The van der Waals surface area contributed by atoms with Gasteiger partial charge in [0, 0.05) is 5.39 Å². The summed E-state index contributed by atoms with van der Waals surface area (Å²) in [6, 6.07) is 7.72. The SMILES string of the molecule is O=C(O)c1cc(-c2c(F)cccc2F)nc2ccc(F)cc12. The highest BCUT2D eigenvalue weighted by Crippen LogP contribution is 2.29. The number of carboxylic acid groups (broad SMARTS) is 1. The third-order valence-electron chi connectivity index (χ3n) is 3.22. The molecule has 1 N–H and O–H groups in total. The Bertz CT molecular complexity index is 889. The first-order valence-corrected chi connectivity index (χ1v) is 6.25. The molecule has 110 valence electrons. The van der Waals surface area contributed by atoms with Gasteiger partial charge in [0.1, 0.15) is 17.5 Å². The van der Waals surface area contributed by atoms with Gasteiger partial charge in [-0.15, -0.1) is 0 Å². The van der Waals surface area contributed by atoms with Gasteiger partial charge in [-0.2, -0.15) is 0 Å². The maximum atomic E-state index is 13.8. The van der Waals surface area contributed by atoms with E-state index < -0.39 is 29.0 Å². The van der Waals surface area contributed by atoms with E-state index in [1.54, 1.807) is 0 Å². The minimum absolute atomic E-state index is 0.0630. The first kappa shape index (κ1) is 14.1. The molecule has 0 unspecified atom stereocenters. The van der Waals surface area contributed by atoms with Crippen molar-refractivity contribution >= 4 is 16.9 Å². The molecule has 1 aromatic heterocycles. The number of pyridine rings is 1. The predicted octanol–water partition coefficient (Wildman–Crippen LogP) is 4.02. The summed E-state index contributed by atoms with van der Waals surface area (Å²) in [5.74, 6) is -3.67. The van der Waals surface area contributed by atoms with Gasteiger partial charge in [0.05, 0.1) is 22.3 Å². The summed E-state index contributed by atoms with van der Waals surface area (Å²) < 4.78 is 41.0. The average Bonchev–Trinajstić information content (AvgIpc) is 2.46. The van der Waals surface area contributed by atoms with Crippen LogP contribution >= 0.6 is 0 Å². The van der Waals surface area contributed by atoms with Crippen LogP contribution in [0.4, 0.5) is 13.2 Å². The van der Waals surface area contributed by atoms with Gasteiger partial charge >= 0.3 is 5.97 Å². The van der Waals surface area contributed by atoms with Crippen LogP contribution in [-0.4, -0.2) is 16.1 Å². The number of benzene rings is 2. The highest BCUT2D eigenvalue weighted by molar-refractivity contribution is 6.03. The van der Waals surface area contributed by atoms with Crippen LogP contribution in [0.15, 0.2) is 42.5 Å². The summed E-state index contributed by atoms with van der Waals surface area (Å²) in [7, 11) is 0. The summed E-state index contributed by atoms with van der Waals surface area (Å²) in [6.45, 7) is 0. The molecule has 3 aromatic rings. The summed E-state index contributed by atoms with van der Waals surface area (Å²) in [5, 5.41) is 9.31. The number of rotatable bonds is 2. The zero-order valence-electron chi connectivity index (χ0n) is 11.0. The molecule has 0 bridgehead atoms. The topological polar surface area (TPSA) is 50.2 Å². The predicted molar refractivity (Wildman–Crippen MR) is 74.0 cm³/mol. The summed E-state index contributed by atoms with van der Waals surface area (Å²) >= 11 is 0. The molecule has 0 aliphatic carbocycles. The smallest absolute Gasteiger partial charge is 0.336 e. The Morgan fingerprint density at radius 2 is 1.68 bits per heavy atom.